The number of nitrogens with zero attached hydrogens (tertiary/aromatic N) is 1. The van der Waals surface area contributed by atoms with Gasteiger partial charge in [-0.1, -0.05) is 0 Å². The van der Waals surface area contributed by atoms with E-state index >= 15 is 0 Å². The first kappa shape index (κ1) is 13.2. The summed E-state index contributed by atoms with van der Waals surface area (Å²) < 4.78 is 40.1. The molecular weight excluding hydrogens is 257 g/mol. The van der Waals surface area contributed by atoms with Crippen molar-refractivity contribution in [3.05, 3.63) is 0 Å². The molecule has 3 rings (SSSR count). The van der Waals surface area contributed by atoms with Gasteiger partial charge in [0.1, 0.15) is 0 Å². The smallest absolute Gasteiger partial charge is 0.339 e. The molecule has 0 aromatic carbocycles. The Kier molecular flexibility index (Phi) is 3.04. The second-order valence-corrected chi connectivity index (χ2v) is 6.14. The third-order valence-electron chi connectivity index (χ3n) is 4.51. The van der Waals surface area contributed by atoms with E-state index in [1.54, 1.807) is 0 Å². The molecule has 3 fully saturated rings. The number of carbonyl (C=O) groups excluding carboxylic acids is 1. The highest BCUT2D eigenvalue weighted by Gasteiger charge is 2.63. The topological polar surface area (TPSA) is 32.3 Å². The highest BCUT2D eigenvalue weighted by molar-refractivity contribution is 5.85. The van der Waals surface area contributed by atoms with Gasteiger partial charge >= 0.3 is 6.18 Å². The van der Waals surface area contributed by atoms with Crippen LogP contribution in [0, 0.1) is 11.3 Å². The van der Waals surface area contributed by atoms with Crippen LogP contribution in [0.15, 0.2) is 0 Å². The van der Waals surface area contributed by atoms with Crippen molar-refractivity contribution in [1.82, 2.24) is 10.2 Å². The summed E-state index contributed by atoms with van der Waals surface area (Å²) in [7, 11) is 0. The minimum atomic E-state index is -4.45. The maximum Gasteiger partial charge on any atom is 0.404 e. The predicted molar refractivity (Wildman–Crippen MR) is 63.4 cm³/mol. The second-order valence-electron chi connectivity index (χ2n) is 6.14. The molecule has 1 unspecified atom stereocenters. The number of carbonyl (C=O) groups is 1. The van der Waals surface area contributed by atoms with Crippen molar-refractivity contribution in [3.8, 4) is 0 Å². The summed E-state index contributed by atoms with van der Waals surface area (Å²) in [5.41, 5.74) is -2.18. The van der Waals surface area contributed by atoms with Crippen LogP contribution in [-0.4, -0.2) is 42.7 Å². The largest absolute Gasteiger partial charge is 0.404 e. The molecule has 0 aromatic heterocycles. The average Bonchev–Trinajstić information content (AvgIpc) is 3.24. The molecule has 2 aliphatic carbocycles. The van der Waals surface area contributed by atoms with Crippen LogP contribution >= 0.6 is 0 Å². The highest BCUT2D eigenvalue weighted by Crippen LogP contribution is 2.47. The van der Waals surface area contributed by atoms with Gasteiger partial charge in [0.2, 0.25) is 5.91 Å². The van der Waals surface area contributed by atoms with E-state index in [1.807, 2.05) is 0 Å². The molecule has 2 saturated carbocycles. The molecule has 0 radical (unpaired) electrons. The van der Waals surface area contributed by atoms with Crippen molar-refractivity contribution in [3.63, 3.8) is 0 Å². The lowest BCUT2D eigenvalue weighted by molar-refractivity contribution is -0.222. The molecule has 108 valence electrons. The quantitative estimate of drug-likeness (QED) is 0.851. The Labute approximate surface area is 110 Å². The molecule has 6 heteroatoms. The molecule has 1 atom stereocenters. The summed E-state index contributed by atoms with van der Waals surface area (Å²) in [5.74, 6) is -0.247. The van der Waals surface area contributed by atoms with E-state index in [4.69, 9.17) is 0 Å². The van der Waals surface area contributed by atoms with E-state index in [0.29, 0.717) is 12.5 Å². The van der Waals surface area contributed by atoms with Gasteiger partial charge in [-0.2, -0.15) is 13.2 Å². The Bertz CT molecular complexity index is 369. The van der Waals surface area contributed by atoms with Gasteiger partial charge in [-0.3, -0.25) is 4.79 Å². The Hall–Kier alpha value is -0.780. The summed E-state index contributed by atoms with van der Waals surface area (Å²) in [6.45, 7) is 0.539. The summed E-state index contributed by atoms with van der Waals surface area (Å²) >= 11 is 0. The fourth-order valence-electron chi connectivity index (χ4n) is 2.88. The Morgan fingerprint density at radius 1 is 1.26 bits per heavy atom. The summed E-state index contributed by atoms with van der Waals surface area (Å²) in [4.78, 5) is 14.1. The van der Waals surface area contributed by atoms with Crippen molar-refractivity contribution in [1.29, 1.82) is 0 Å². The molecule has 19 heavy (non-hydrogen) atoms. The minimum Gasteiger partial charge on any atom is -0.339 e. The molecule has 0 spiro atoms. The van der Waals surface area contributed by atoms with E-state index < -0.39 is 17.5 Å². The number of hydrogen-bond donors (Lipinski definition) is 1. The fourth-order valence-corrected chi connectivity index (χ4v) is 2.88. The zero-order chi connectivity index (χ0) is 13.7. The molecule has 3 aliphatic rings. The first-order chi connectivity index (χ1) is 8.94. The van der Waals surface area contributed by atoms with Crippen molar-refractivity contribution < 1.29 is 18.0 Å². The number of nitrogens with one attached hydrogen (secondary N) is 1. The number of halogens is 3. The van der Waals surface area contributed by atoms with Gasteiger partial charge < -0.3 is 10.2 Å². The van der Waals surface area contributed by atoms with Crippen molar-refractivity contribution in [2.75, 3.05) is 19.6 Å². The Morgan fingerprint density at radius 3 is 2.37 bits per heavy atom. The van der Waals surface area contributed by atoms with E-state index in [-0.39, 0.29) is 25.6 Å². The third-order valence-corrected chi connectivity index (χ3v) is 4.51. The van der Waals surface area contributed by atoms with Crippen LogP contribution in [0.4, 0.5) is 13.2 Å². The highest BCUT2D eigenvalue weighted by atomic mass is 19.4. The normalized spacial score (nSPS) is 31.5. The first-order valence-corrected chi connectivity index (χ1v) is 7.02. The molecule has 1 saturated heterocycles. The van der Waals surface area contributed by atoms with E-state index in [0.717, 1.165) is 25.7 Å². The lowest BCUT2D eigenvalue weighted by Crippen LogP contribution is -2.54. The first-order valence-electron chi connectivity index (χ1n) is 7.02. The second kappa shape index (κ2) is 4.36. The van der Waals surface area contributed by atoms with Crippen LogP contribution in [0.1, 0.15) is 32.1 Å². The van der Waals surface area contributed by atoms with Gasteiger partial charge in [-0.25, -0.2) is 0 Å². The number of alkyl halides is 3. The monoisotopic (exact) mass is 276 g/mol. The van der Waals surface area contributed by atoms with E-state index in [9.17, 15) is 18.0 Å². The van der Waals surface area contributed by atoms with Gasteiger partial charge in [0, 0.05) is 19.1 Å². The van der Waals surface area contributed by atoms with Crippen molar-refractivity contribution >= 4 is 5.91 Å². The number of amides is 1. The minimum absolute atomic E-state index is 0.0629. The van der Waals surface area contributed by atoms with Crippen LogP contribution in [0.2, 0.25) is 0 Å². The standard InChI is InChI=1S/C13H19F3N2O/c14-13(15,16)12(5-6-17-8-12)11(19)18(10-3-4-10)7-9-1-2-9/h9-10,17H,1-8H2. The average molecular weight is 276 g/mol. The summed E-state index contributed by atoms with van der Waals surface area (Å²) in [5, 5.41) is 2.72. The lowest BCUT2D eigenvalue weighted by Gasteiger charge is -2.35. The van der Waals surface area contributed by atoms with E-state index in [1.165, 1.54) is 4.90 Å². The number of rotatable bonds is 4. The number of hydrogen-bond acceptors (Lipinski definition) is 2. The molecule has 1 N–H and O–H groups in total. The van der Waals surface area contributed by atoms with Crippen molar-refractivity contribution in [2.24, 2.45) is 11.3 Å². The maximum absolute atomic E-state index is 13.4. The molecule has 1 aliphatic heterocycles. The van der Waals surface area contributed by atoms with Gasteiger partial charge in [-0.05, 0) is 44.6 Å². The Morgan fingerprint density at radius 2 is 1.95 bits per heavy atom. The predicted octanol–water partition coefficient (Wildman–Crippen LogP) is 1.93. The van der Waals surface area contributed by atoms with Crippen LogP contribution < -0.4 is 5.32 Å². The molecule has 0 aromatic rings. The molecule has 1 heterocycles. The zero-order valence-electron chi connectivity index (χ0n) is 10.8. The van der Waals surface area contributed by atoms with Crippen molar-refractivity contribution in [2.45, 2.75) is 44.3 Å². The Balaban J connectivity index is 1.81. The summed E-state index contributed by atoms with van der Waals surface area (Å²) in [6, 6.07) is 0.0629. The summed E-state index contributed by atoms with van der Waals surface area (Å²) in [6.07, 6.45) is -0.755. The van der Waals surface area contributed by atoms with Gasteiger partial charge in [0.15, 0.2) is 5.41 Å². The molecular formula is C13H19F3N2O. The maximum atomic E-state index is 13.4. The van der Waals surface area contributed by atoms with Gasteiger partial charge in [-0.15, -0.1) is 0 Å². The van der Waals surface area contributed by atoms with E-state index in [2.05, 4.69) is 5.32 Å². The zero-order valence-corrected chi connectivity index (χ0v) is 10.8. The third kappa shape index (κ3) is 2.35. The fraction of sp³-hybridized carbons (Fsp3) is 0.923. The molecule has 1 amide bonds. The SMILES string of the molecule is O=C(N(CC1CC1)C1CC1)C1(C(F)(F)F)CCNC1. The van der Waals surface area contributed by atoms with Crippen LogP contribution in [-0.2, 0) is 4.79 Å². The van der Waals surface area contributed by atoms with Gasteiger partial charge in [0.05, 0.1) is 0 Å². The van der Waals surface area contributed by atoms with Gasteiger partial charge in [0.25, 0.3) is 0 Å². The molecule has 0 bridgehead atoms. The van der Waals surface area contributed by atoms with Crippen LogP contribution in [0.25, 0.3) is 0 Å². The van der Waals surface area contributed by atoms with Crippen LogP contribution in [0.3, 0.4) is 0 Å². The van der Waals surface area contributed by atoms with Crippen LogP contribution in [0.5, 0.6) is 0 Å². The molecule has 3 nitrogen and oxygen atoms in total. The lowest BCUT2D eigenvalue weighted by atomic mass is 9.84.